The fourth-order valence-corrected chi connectivity index (χ4v) is 3.59. The molecule has 0 radical (unpaired) electrons. The third-order valence-corrected chi connectivity index (χ3v) is 4.47. The van der Waals surface area contributed by atoms with E-state index >= 15 is 0 Å². The minimum absolute atomic E-state index is 0.329. The number of rotatable bonds is 5. The van der Waals surface area contributed by atoms with Gasteiger partial charge in [0.2, 0.25) is 5.91 Å². The first-order valence-corrected chi connectivity index (χ1v) is 7.47. The van der Waals surface area contributed by atoms with Crippen LogP contribution in [0.1, 0.15) is 16.5 Å². The van der Waals surface area contributed by atoms with E-state index in [1.54, 1.807) is 11.3 Å². The number of halogens is 1. The lowest BCUT2D eigenvalue weighted by atomic mass is 10.1. The Morgan fingerprint density at radius 1 is 1.32 bits per heavy atom. The van der Waals surface area contributed by atoms with E-state index in [0.717, 1.165) is 9.35 Å². The highest BCUT2D eigenvalue weighted by Gasteiger charge is 2.22. The third kappa shape index (κ3) is 3.65. The van der Waals surface area contributed by atoms with E-state index in [9.17, 15) is 4.79 Å². The number of carbonyl (C=O) groups is 1. The minimum Gasteiger partial charge on any atom is -0.368 e. The largest absolute Gasteiger partial charge is 0.368 e. The van der Waals surface area contributed by atoms with Crippen molar-refractivity contribution in [3.8, 4) is 0 Å². The van der Waals surface area contributed by atoms with Crippen molar-refractivity contribution >= 4 is 33.2 Å². The summed E-state index contributed by atoms with van der Waals surface area (Å²) in [5, 5.41) is 0. The van der Waals surface area contributed by atoms with Gasteiger partial charge in [0, 0.05) is 11.4 Å². The number of thiophene rings is 1. The summed E-state index contributed by atoms with van der Waals surface area (Å²) in [6.45, 7) is 0.693. The molecule has 2 aromatic rings. The van der Waals surface area contributed by atoms with Crippen molar-refractivity contribution in [1.29, 1.82) is 0 Å². The average molecular weight is 339 g/mol. The first-order chi connectivity index (χ1) is 9.08. The molecule has 1 heterocycles. The molecule has 0 bridgehead atoms. The molecule has 19 heavy (non-hydrogen) atoms. The quantitative estimate of drug-likeness (QED) is 0.910. The molecular formula is C14H15BrN2OS. The van der Waals surface area contributed by atoms with E-state index in [1.165, 1.54) is 4.88 Å². The van der Waals surface area contributed by atoms with Crippen molar-refractivity contribution in [2.75, 3.05) is 7.05 Å². The maximum Gasteiger partial charge on any atom is 0.239 e. The Bertz CT molecular complexity index is 556. The van der Waals surface area contributed by atoms with Crippen LogP contribution in [0.5, 0.6) is 0 Å². The van der Waals surface area contributed by atoms with Crippen molar-refractivity contribution in [3.05, 3.63) is 56.7 Å². The molecule has 2 rings (SSSR count). The molecule has 3 nitrogen and oxygen atoms in total. The number of nitrogens with two attached hydrogens (primary N) is 1. The molecule has 5 heteroatoms. The lowest BCUT2D eigenvalue weighted by Crippen LogP contribution is -2.34. The minimum atomic E-state index is -0.401. The van der Waals surface area contributed by atoms with Gasteiger partial charge in [-0.15, -0.1) is 11.3 Å². The molecule has 1 aromatic carbocycles. The van der Waals surface area contributed by atoms with Crippen LogP contribution in [0, 0.1) is 0 Å². The summed E-state index contributed by atoms with van der Waals surface area (Å²) in [6.07, 6.45) is 0. The van der Waals surface area contributed by atoms with Crippen LogP contribution in [0.25, 0.3) is 0 Å². The molecule has 0 spiro atoms. The molecule has 0 unspecified atom stereocenters. The molecule has 0 saturated heterocycles. The van der Waals surface area contributed by atoms with E-state index in [4.69, 9.17) is 5.73 Å². The van der Waals surface area contributed by atoms with Crippen molar-refractivity contribution in [1.82, 2.24) is 4.90 Å². The van der Waals surface area contributed by atoms with Crippen LogP contribution in [0.15, 0.2) is 46.3 Å². The monoisotopic (exact) mass is 338 g/mol. The van der Waals surface area contributed by atoms with Crippen molar-refractivity contribution in [2.45, 2.75) is 12.6 Å². The number of hydrogen-bond acceptors (Lipinski definition) is 3. The Hall–Kier alpha value is -1.17. The Morgan fingerprint density at radius 3 is 2.53 bits per heavy atom. The van der Waals surface area contributed by atoms with Crippen LogP contribution in [-0.4, -0.2) is 17.9 Å². The zero-order chi connectivity index (χ0) is 13.8. The van der Waals surface area contributed by atoms with E-state index in [-0.39, 0.29) is 5.91 Å². The van der Waals surface area contributed by atoms with Crippen molar-refractivity contribution in [3.63, 3.8) is 0 Å². The van der Waals surface area contributed by atoms with Gasteiger partial charge in [-0.25, -0.2) is 0 Å². The molecule has 100 valence electrons. The average Bonchev–Trinajstić information content (AvgIpc) is 2.75. The number of benzene rings is 1. The van der Waals surface area contributed by atoms with Gasteiger partial charge in [-0.1, -0.05) is 30.3 Å². The highest BCUT2D eigenvalue weighted by atomic mass is 79.9. The van der Waals surface area contributed by atoms with Crippen molar-refractivity contribution < 1.29 is 4.79 Å². The molecule has 0 fully saturated rings. The lowest BCUT2D eigenvalue weighted by molar-refractivity contribution is -0.123. The zero-order valence-corrected chi connectivity index (χ0v) is 12.9. The fraction of sp³-hybridized carbons (Fsp3) is 0.214. The Morgan fingerprint density at radius 2 is 2.00 bits per heavy atom. The number of amides is 1. The molecule has 1 atom stereocenters. The number of nitrogens with zero attached hydrogens (tertiary/aromatic N) is 1. The maximum absolute atomic E-state index is 11.7. The molecule has 1 amide bonds. The van der Waals surface area contributed by atoms with Gasteiger partial charge in [0.15, 0.2) is 0 Å². The number of likely N-dealkylation sites (N-methyl/N-ethyl adjacent to an activating group) is 1. The third-order valence-electron chi connectivity index (χ3n) is 2.86. The van der Waals surface area contributed by atoms with Crippen LogP contribution in [0.2, 0.25) is 0 Å². The highest BCUT2D eigenvalue weighted by molar-refractivity contribution is 9.11. The second-order valence-corrected chi connectivity index (χ2v) is 6.88. The first-order valence-electron chi connectivity index (χ1n) is 5.86. The number of carbonyl (C=O) groups excluding carboxylic acids is 1. The summed E-state index contributed by atoms with van der Waals surface area (Å²) in [4.78, 5) is 14.9. The summed E-state index contributed by atoms with van der Waals surface area (Å²) in [5.74, 6) is -0.329. The second-order valence-electron chi connectivity index (χ2n) is 4.34. The van der Waals surface area contributed by atoms with Gasteiger partial charge < -0.3 is 5.73 Å². The van der Waals surface area contributed by atoms with E-state index in [2.05, 4.69) is 15.9 Å². The predicted molar refractivity (Wildman–Crippen MR) is 81.9 cm³/mol. The second kappa shape index (κ2) is 6.32. The highest BCUT2D eigenvalue weighted by Crippen LogP contribution is 2.26. The van der Waals surface area contributed by atoms with E-state index in [0.29, 0.717) is 6.54 Å². The topological polar surface area (TPSA) is 46.3 Å². The Balaban J connectivity index is 2.18. The predicted octanol–water partition coefficient (Wildman–Crippen LogP) is 3.17. The molecule has 0 aliphatic carbocycles. The van der Waals surface area contributed by atoms with E-state index < -0.39 is 6.04 Å². The molecule has 2 N–H and O–H groups in total. The Labute approximate surface area is 125 Å². The van der Waals surface area contributed by atoms with Crippen LogP contribution in [0.4, 0.5) is 0 Å². The van der Waals surface area contributed by atoms with Crippen molar-refractivity contribution in [2.24, 2.45) is 5.73 Å². The smallest absolute Gasteiger partial charge is 0.239 e. The van der Waals surface area contributed by atoms with E-state index in [1.807, 2.05) is 54.4 Å². The van der Waals surface area contributed by atoms with Crippen LogP contribution in [0.3, 0.4) is 0 Å². The van der Waals surface area contributed by atoms with Crippen LogP contribution >= 0.6 is 27.3 Å². The number of primary amides is 1. The van der Waals surface area contributed by atoms with Gasteiger partial charge in [0.1, 0.15) is 6.04 Å². The summed E-state index contributed by atoms with van der Waals surface area (Å²) in [5.41, 5.74) is 6.47. The molecule has 0 aliphatic heterocycles. The summed E-state index contributed by atoms with van der Waals surface area (Å²) in [6, 6.07) is 13.3. The standard InChI is InChI=1S/C14H15BrN2OS/c1-17(9-11-7-8-12(15)19-11)13(14(16)18)10-5-3-2-4-6-10/h2-8,13H,9H2,1H3,(H2,16,18)/t13-/m0/s1. The zero-order valence-electron chi connectivity index (χ0n) is 10.5. The van der Waals surface area contributed by atoms with Gasteiger partial charge in [0.05, 0.1) is 3.79 Å². The van der Waals surface area contributed by atoms with Gasteiger partial charge in [-0.3, -0.25) is 9.69 Å². The SMILES string of the molecule is CN(Cc1ccc(Br)s1)[C@H](C(N)=O)c1ccccc1. The van der Waals surface area contributed by atoms with Gasteiger partial charge in [-0.2, -0.15) is 0 Å². The lowest BCUT2D eigenvalue weighted by Gasteiger charge is -2.25. The normalized spacial score (nSPS) is 12.6. The molecule has 1 aromatic heterocycles. The summed E-state index contributed by atoms with van der Waals surface area (Å²) >= 11 is 5.10. The van der Waals surface area contributed by atoms with Crippen LogP contribution in [-0.2, 0) is 11.3 Å². The fourth-order valence-electron chi connectivity index (χ4n) is 2.05. The molecule has 0 aliphatic rings. The molecule has 0 saturated carbocycles. The summed E-state index contributed by atoms with van der Waals surface area (Å²) in [7, 11) is 1.91. The van der Waals surface area contributed by atoms with Crippen LogP contribution < -0.4 is 5.73 Å². The van der Waals surface area contributed by atoms with Gasteiger partial charge in [-0.05, 0) is 40.7 Å². The first kappa shape index (κ1) is 14.2. The number of hydrogen-bond donors (Lipinski definition) is 1. The Kier molecular flexibility index (Phi) is 4.74. The van der Waals surface area contributed by atoms with Gasteiger partial charge >= 0.3 is 0 Å². The molecular weight excluding hydrogens is 324 g/mol. The summed E-state index contributed by atoms with van der Waals surface area (Å²) < 4.78 is 1.09. The maximum atomic E-state index is 11.7. The van der Waals surface area contributed by atoms with Gasteiger partial charge in [0.25, 0.3) is 0 Å².